The number of hydrogen-bond donors (Lipinski definition) is 0. The van der Waals surface area contributed by atoms with Gasteiger partial charge in [0.15, 0.2) is 17.3 Å². The van der Waals surface area contributed by atoms with Crippen molar-refractivity contribution < 1.29 is 13.7 Å². The van der Waals surface area contributed by atoms with Crippen LogP contribution in [0.15, 0.2) is 51.3 Å². The first kappa shape index (κ1) is 19.4. The van der Waals surface area contributed by atoms with E-state index < -0.39 is 5.82 Å². The van der Waals surface area contributed by atoms with Crippen LogP contribution >= 0.6 is 0 Å². The second-order valence-electron chi connectivity index (χ2n) is 7.95. The fourth-order valence-corrected chi connectivity index (χ4v) is 4.08. The van der Waals surface area contributed by atoms with Gasteiger partial charge >= 0.3 is 0 Å². The molecule has 4 rings (SSSR count). The molecule has 29 heavy (non-hydrogen) atoms. The first-order valence-corrected chi connectivity index (χ1v) is 9.91. The van der Waals surface area contributed by atoms with E-state index in [-0.39, 0.29) is 5.75 Å². The van der Waals surface area contributed by atoms with Crippen molar-refractivity contribution in [2.75, 3.05) is 7.11 Å². The van der Waals surface area contributed by atoms with Gasteiger partial charge in [-0.3, -0.25) is 0 Å². The number of halogens is 1. The van der Waals surface area contributed by atoms with Crippen LogP contribution in [0.2, 0.25) is 0 Å². The third-order valence-electron chi connectivity index (χ3n) is 5.78. The molecule has 6 heteroatoms. The number of aliphatic imine (C=N–C) groups is 1. The number of amidine groups is 1. The van der Waals surface area contributed by atoms with E-state index in [2.05, 4.69) is 23.6 Å². The van der Waals surface area contributed by atoms with Crippen molar-refractivity contribution in [3.05, 3.63) is 58.8 Å². The van der Waals surface area contributed by atoms with Gasteiger partial charge in [-0.2, -0.15) is 0 Å². The topological polar surface area (TPSA) is 50.9 Å². The summed E-state index contributed by atoms with van der Waals surface area (Å²) in [6.45, 7) is 11.0. The highest BCUT2D eigenvalue weighted by atomic mass is 19.1. The van der Waals surface area contributed by atoms with Crippen molar-refractivity contribution in [1.29, 1.82) is 0 Å². The van der Waals surface area contributed by atoms with Crippen molar-refractivity contribution in [3.63, 3.8) is 0 Å². The van der Waals surface area contributed by atoms with Gasteiger partial charge < -0.3 is 14.2 Å². The molecule has 0 fully saturated rings. The fraction of sp³-hybridized carbons (Fsp3) is 0.391. The molecule has 0 bridgehead atoms. The van der Waals surface area contributed by atoms with E-state index in [1.165, 1.54) is 30.9 Å². The highest BCUT2D eigenvalue weighted by Gasteiger charge is 2.28. The second-order valence-corrected chi connectivity index (χ2v) is 7.95. The van der Waals surface area contributed by atoms with Gasteiger partial charge in [-0.1, -0.05) is 18.7 Å². The van der Waals surface area contributed by atoms with Crippen LogP contribution in [-0.2, 0) is 6.54 Å². The lowest BCUT2D eigenvalue weighted by Crippen LogP contribution is -2.33. The average molecular weight is 395 g/mol. The van der Waals surface area contributed by atoms with Crippen molar-refractivity contribution >= 4 is 5.84 Å². The van der Waals surface area contributed by atoms with Crippen LogP contribution in [0.4, 0.5) is 4.39 Å². The first-order valence-electron chi connectivity index (χ1n) is 9.91. The Bertz CT molecular complexity index is 1030. The zero-order valence-corrected chi connectivity index (χ0v) is 17.4. The van der Waals surface area contributed by atoms with Crippen molar-refractivity contribution in [2.24, 2.45) is 10.9 Å². The van der Waals surface area contributed by atoms with E-state index in [1.54, 1.807) is 6.07 Å². The van der Waals surface area contributed by atoms with E-state index in [0.717, 1.165) is 41.2 Å². The summed E-state index contributed by atoms with van der Waals surface area (Å²) < 4.78 is 24.6. The van der Waals surface area contributed by atoms with Crippen molar-refractivity contribution in [2.45, 2.75) is 46.6 Å². The molecule has 1 aromatic carbocycles. The van der Waals surface area contributed by atoms with E-state index in [4.69, 9.17) is 14.3 Å². The number of rotatable bonds is 4. The van der Waals surface area contributed by atoms with Gasteiger partial charge in [0, 0.05) is 23.0 Å². The Labute approximate surface area is 170 Å². The fourth-order valence-electron chi connectivity index (χ4n) is 4.08. The van der Waals surface area contributed by atoms with Crippen LogP contribution in [0.1, 0.15) is 44.4 Å². The summed E-state index contributed by atoms with van der Waals surface area (Å²) in [6, 6.07) is 4.97. The number of benzene rings is 1. The first-order chi connectivity index (χ1) is 13.9. The number of methoxy groups -OCH3 is 1. The molecule has 0 amide bonds. The van der Waals surface area contributed by atoms with Gasteiger partial charge in [-0.15, -0.1) is 0 Å². The SMILES string of the molecule is C=C1C2=C(CCC(C)C2)N=C(C)N1Cc1cc(-c2cc(OC)c(F)cc2C)on1. The van der Waals surface area contributed by atoms with Crippen molar-refractivity contribution in [3.8, 4) is 17.1 Å². The largest absolute Gasteiger partial charge is 0.494 e. The van der Waals surface area contributed by atoms with E-state index in [0.29, 0.717) is 18.2 Å². The van der Waals surface area contributed by atoms with Crippen LogP contribution in [0.25, 0.3) is 11.3 Å². The molecule has 1 aliphatic carbocycles. The monoisotopic (exact) mass is 395 g/mol. The summed E-state index contributed by atoms with van der Waals surface area (Å²) in [5.74, 6) is 1.94. The minimum absolute atomic E-state index is 0.182. The lowest BCUT2D eigenvalue weighted by atomic mass is 9.85. The maximum absolute atomic E-state index is 13.9. The van der Waals surface area contributed by atoms with Gasteiger partial charge in [0.05, 0.1) is 13.7 Å². The van der Waals surface area contributed by atoms with E-state index >= 15 is 0 Å². The summed E-state index contributed by atoms with van der Waals surface area (Å²) in [4.78, 5) is 6.92. The molecule has 1 atom stereocenters. The van der Waals surface area contributed by atoms with Gasteiger partial charge in [0.2, 0.25) is 0 Å². The Morgan fingerprint density at radius 1 is 1.31 bits per heavy atom. The Hall–Kier alpha value is -2.89. The molecule has 2 heterocycles. The molecule has 5 nitrogen and oxygen atoms in total. The van der Waals surface area contributed by atoms with Crippen LogP contribution < -0.4 is 4.74 Å². The Morgan fingerprint density at radius 3 is 2.86 bits per heavy atom. The third-order valence-corrected chi connectivity index (χ3v) is 5.78. The summed E-state index contributed by atoms with van der Waals surface area (Å²) >= 11 is 0. The van der Waals surface area contributed by atoms with Gasteiger partial charge in [0.1, 0.15) is 11.5 Å². The number of allylic oxidation sites excluding steroid dienone is 2. The summed E-state index contributed by atoms with van der Waals surface area (Å²) in [7, 11) is 1.45. The van der Waals surface area contributed by atoms with Gasteiger partial charge in [-0.05, 0) is 62.3 Å². The minimum Gasteiger partial charge on any atom is -0.494 e. The van der Waals surface area contributed by atoms with E-state index in [9.17, 15) is 4.39 Å². The molecule has 2 aliphatic rings. The predicted molar refractivity (Wildman–Crippen MR) is 111 cm³/mol. The van der Waals surface area contributed by atoms with E-state index in [1.807, 2.05) is 19.9 Å². The number of ether oxygens (including phenoxy) is 1. The number of aromatic nitrogens is 1. The molecule has 0 radical (unpaired) electrons. The smallest absolute Gasteiger partial charge is 0.167 e. The summed E-state index contributed by atoms with van der Waals surface area (Å²) in [5.41, 5.74) is 5.73. The number of aryl methyl sites for hydroxylation is 1. The minimum atomic E-state index is -0.393. The Balaban J connectivity index is 1.58. The highest BCUT2D eigenvalue weighted by Crippen LogP contribution is 2.38. The lowest BCUT2D eigenvalue weighted by Gasteiger charge is -2.35. The molecule has 152 valence electrons. The predicted octanol–water partition coefficient (Wildman–Crippen LogP) is 5.62. The molecular formula is C23H26FN3O2. The standard InChI is InChI=1S/C23H26FN3O2/c1-13-6-7-21-19(8-13)15(3)27(16(4)25-21)12-17-10-22(29-26-17)18-11-23(28-5)20(24)9-14(18)2/h9-11,13H,3,6-8,12H2,1-2,4-5H3. The van der Waals surface area contributed by atoms with Crippen LogP contribution in [-0.4, -0.2) is 23.0 Å². The molecule has 1 aromatic heterocycles. The summed E-state index contributed by atoms with van der Waals surface area (Å²) in [6.07, 6.45) is 3.20. The summed E-state index contributed by atoms with van der Waals surface area (Å²) in [5, 5.41) is 4.23. The van der Waals surface area contributed by atoms with Gasteiger partial charge in [-0.25, -0.2) is 9.38 Å². The molecular weight excluding hydrogens is 369 g/mol. The van der Waals surface area contributed by atoms with Crippen LogP contribution in [0, 0.1) is 18.7 Å². The quantitative estimate of drug-likeness (QED) is 0.674. The Kier molecular flexibility index (Phi) is 5.03. The average Bonchev–Trinajstić information content (AvgIpc) is 3.14. The third kappa shape index (κ3) is 3.59. The number of nitrogens with zero attached hydrogens (tertiary/aromatic N) is 3. The molecule has 1 unspecified atom stereocenters. The van der Waals surface area contributed by atoms with Crippen LogP contribution in [0.3, 0.4) is 0 Å². The number of hydrogen-bond acceptors (Lipinski definition) is 5. The zero-order chi connectivity index (χ0) is 20.7. The van der Waals surface area contributed by atoms with Crippen LogP contribution in [0.5, 0.6) is 5.75 Å². The maximum Gasteiger partial charge on any atom is 0.167 e. The molecule has 0 saturated heterocycles. The highest BCUT2D eigenvalue weighted by molar-refractivity contribution is 5.85. The lowest BCUT2D eigenvalue weighted by molar-refractivity contribution is 0.385. The Morgan fingerprint density at radius 2 is 2.10 bits per heavy atom. The molecule has 1 aliphatic heterocycles. The zero-order valence-electron chi connectivity index (χ0n) is 17.4. The molecule has 0 spiro atoms. The normalized spacial score (nSPS) is 19.3. The van der Waals surface area contributed by atoms with Gasteiger partial charge in [0.25, 0.3) is 0 Å². The molecule has 2 aromatic rings. The van der Waals surface area contributed by atoms with Crippen molar-refractivity contribution in [1.82, 2.24) is 10.1 Å². The molecule has 0 saturated carbocycles. The second kappa shape index (κ2) is 7.50. The maximum atomic E-state index is 13.9. The molecule has 0 N–H and O–H groups in total.